The van der Waals surface area contributed by atoms with Gasteiger partial charge in [-0.2, -0.15) is 5.10 Å². The fourth-order valence-electron chi connectivity index (χ4n) is 1.06. The van der Waals surface area contributed by atoms with E-state index in [2.05, 4.69) is 20.8 Å². The first-order valence-electron chi connectivity index (χ1n) is 4.93. The van der Waals surface area contributed by atoms with Crippen LogP contribution in [-0.4, -0.2) is 28.7 Å². The van der Waals surface area contributed by atoms with E-state index >= 15 is 0 Å². The molecular weight excluding hydrogens is 192 g/mol. The van der Waals surface area contributed by atoms with E-state index in [0.717, 1.165) is 11.3 Å². The van der Waals surface area contributed by atoms with Crippen molar-refractivity contribution in [1.29, 1.82) is 0 Å². The summed E-state index contributed by atoms with van der Waals surface area (Å²) in [6.07, 6.45) is 1.72. The van der Waals surface area contributed by atoms with Crippen LogP contribution >= 0.6 is 0 Å². The number of hydrogen-bond acceptors (Lipinski definition) is 3. The normalized spacial score (nSPS) is 11.5. The van der Waals surface area contributed by atoms with Crippen LogP contribution < -0.4 is 10.6 Å². The Hall–Kier alpha value is -1.36. The standard InChI is InChI=1S/C10H18N4O/c1-7-8(6-13-14-7)5-12-9(15)10(2,3)11-4/h6,11H,5H2,1-4H3,(H,12,15)(H,13,14). The highest BCUT2D eigenvalue weighted by Gasteiger charge is 2.24. The number of aromatic nitrogens is 2. The zero-order valence-electron chi connectivity index (χ0n) is 9.64. The number of hydrogen-bond donors (Lipinski definition) is 3. The molecule has 0 aliphatic carbocycles. The number of nitrogens with one attached hydrogen (secondary N) is 3. The topological polar surface area (TPSA) is 69.8 Å². The summed E-state index contributed by atoms with van der Waals surface area (Å²) in [5.41, 5.74) is 1.45. The van der Waals surface area contributed by atoms with Crippen LogP contribution in [-0.2, 0) is 11.3 Å². The van der Waals surface area contributed by atoms with Gasteiger partial charge in [-0.25, -0.2) is 0 Å². The number of amides is 1. The van der Waals surface area contributed by atoms with Gasteiger partial charge in [0, 0.05) is 17.8 Å². The monoisotopic (exact) mass is 210 g/mol. The summed E-state index contributed by atoms with van der Waals surface area (Å²) in [5.74, 6) is -0.0226. The predicted octanol–water partition coefficient (Wildman–Crippen LogP) is 0.332. The lowest BCUT2D eigenvalue weighted by Crippen LogP contribution is -2.50. The molecule has 1 amide bonds. The highest BCUT2D eigenvalue weighted by Crippen LogP contribution is 2.04. The zero-order chi connectivity index (χ0) is 11.5. The molecule has 15 heavy (non-hydrogen) atoms. The van der Waals surface area contributed by atoms with Crippen molar-refractivity contribution in [2.75, 3.05) is 7.05 Å². The maximum absolute atomic E-state index is 11.7. The highest BCUT2D eigenvalue weighted by molar-refractivity contribution is 5.85. The number of carbonyl (C=O) groups is 1. The minimum atomic E-state index is -0.544. The molecule has 0 spiro atoms. The van der Waals surface area contributed by atoms with Crippen molar-refractivity contribution in [3.63, 3.8) is 0 Å². The molecule has 1 aromatic rings. The summed E-state index contributed by atoms with van der Waals surface area (Å²) in [7, 11) is 1.77. The molecule has 0 radical (unpaired) electrons. The fourth-order valence-corrected chi connectivity index (χ4v) is 1.06. The van der Waals surface area contributed by atoms with Crippen LogP contribution in [0.5, 0.6) is 0 Å². The molecule has 0 atom stereocenters. The SMILES string of the molecule is CNC(C)(C)C(=O)NCc1cn[nH]c1C. The number of aryl methyl sites for hydroxylation is 1. The van der Waals surface area contributed by atoms with E-state index in [1.54, 1.807) is 13.2 Å². The van der Waals surface area contributed by atoms with Crippen molar-refractivity contribution in [1.82, 2.24) is 20.8 Å². The minimum Gasteiger partial charge on any atom is -0.350 e. The van der Waals surface area contributed by atoms with E-state index < -0.39 is 5.54 Å². The molecular formula is C10H18N4O. The summed E-state index contributed by atoms with van der Waals surface area (Å²) < 4.78 is 0. The van der Waals surface area contributed by atoms with Gasteiger partial charge in [-0.15, -0.1) is 0 Å². The summed E-state index contributed by atoms with van der Waals surface area (Å²) in [4.78, 5) is 11.7. The molecule has 0 saturated carbocycles. The molecule has 3 N–H and O–H groups in total. The van der Waals surface area contributed by atoms with Gasteiger partial charge in [0.15, 0.2) is 0 Å². The second-order valence-electron chi connectivity index (χ2n) is 4.08. The van der Waals surface area contributed by atoms with Gasteiger partial charge in [0.1, 0.15) is 0 Å². The van der Waals surface area contributed by atoms with Crippen LogP contribution in [0.1, 0.15) is 25.1 Å². The van der Waals surface area contributed by atoms with Crippen molar-refractivity contribution < 1.29 is 4.79 Å². The molecule has 1 rings (SSSR count). The lowest BCUT2D eigenvalue weighted by atomic mass is 10.1. The summed E-state index contributed by atoms with van der Waals surface area (Å²) in [5, 5.41) is 12.5. The van der Waals surface area contributed by atoms with Gasteiger partial charge in [0.25, 0.3) is 0 Å². The van der Waals surface area contributed by atoms with Crippen molar-refractivity contribution in [3.05, 3.63) is 17.5 Å². The van der Waals surface area contributed by atoms with E-state index in [4.69, 9.17) is 0 Å². The van der Waals surface area contributed by atoms with Crippen molar-refractivity contribution in [2.45, 2.75) is 32.9 Å². The molecule has 0 aromatic carbocycles. The molecule has 5 heteroatoms. The zero-order valence-corrected chi connectivity index (χ0v) is 9.64. The van der Waals surface area contributed by atoms with Crippen molar-refractivity contribution in [3.8, 4) is 0 Å². The Morgan fingerprint density at radius 3 is 2.73 bits per heavy atom. The van der Waals surface area contributed by atoms with Crippen LogP contribution in [0.15, 0.2) is 6.20 Å². The molecule has 0 unspecified atom stereocenters. The number of nitrogens with zero attached hydrogens (tertiary/aromatic N) is 1. The molecule has 5 nitrogen and oxygen atoms in total. The molecule has 84 valence electrons. The smallest absolute Gasteiger partial charge is 0.239 e. The number of rotatable bonds is 4. The Kier molecular flexibility index (Phi) is 3.47. The van der Waals surface area contributed by atoms with Gasteiger partial charge < -0.3 is 10.6 Å². The Balaban J connectivity index is 2.52. The van der Waals surface area contributed by atoms with Crippen molar-refractivity contribution in [2.24, 2.45) is 0 Å². The summed E-state index contributed by atoms with van der Waals surface area (Å²) in [6, 6.07) is 0. The van der Waals surface area contributed by atoms with E-state index in [0.29, 0.717) is 6.54 Å². The lowest BCUT2D eigenvalue weighted by Gasteiger charge is -2.22. The molecule has 0 aliphatic heterocycles. The average molecular weight is 210 g/mol. The van der Waals surface area contributed by atoms with Gasteiger partial charge in [0.05, 0.1) is 11.7 Å². The summed E-state index contributed by atoms with van der Waals surface area (Å²) >= 11 is 0. The van der Waals surface area contributed by atoms with E-state index in [1.165, 1.54) is 0 Å². The Bertz CT molecular complexity index is 343. The van der Waals surface area contributed by atoms with Crippen molar-refractivity contribution >= 4 is 5.91 Å². The number of likely N-dealkylation sites (N-methyl/N-ethyl adjacent to an activating group) is 1. The van der Waals surface area contributed by atoms with Crippen LogP contribution in [0.25, 0.3) is 0 Å². The quantitative estimate of drug-likeness (QED) is 0.671. The molecule has 0 aliphatic rings. The fraction of sp³-hybridized carbons (Fsp3) is 0.600. The number of H-pyrrole nitrogens is 1. The Morgan fingerprint density at radius 1 is 1.60 bits per heavy atom. The van der Waals surface area contributed by atoms with Crippen LogP contribution in [0.4, 0.5) is 0 Å². The van der Waals surface area contributed by atoms with E-state index in [-0.39, 0.29) is 5.91 Å². The maximum Gasteiger partial charge on any atom is 0.239 e. The second-order valence-corrected chi connectivity index (χ2v) is 4.08. The minimum absolute atomic E-state index is 0.0226. The first kappa shape index (κ1) is 11.7. The van der Waals surface area contributed by atoms with Gasteiger partial charge in [-0.1, -0.05) is 0 Å². The molecule has 1 aromatic heterocycles. The van der Waals surface area contributed by atoms with E-state index in [1.807, 2.05) is 20.8 Å². The Labute approximate surface area is 89.6 Å². The van der Waals surface area contributed by atoms with Crippen LogP contribution in [0.2, 0.25) is 0 Å². The van der Waals surface area contributed by atoms with E-state index in [9.17, 15) is 4.79 Å². The number of aromatic amines is 1. The third kappa shape index (κ3) is 2.79. The molecule has 1 heterocycles. The molecule has 0 fully saturated rings. The van der Waals surface area contributed by atoms with Gasteiger partial charge in [-0.05, 0) is 27.8 Å². The largest absolute Gasteiger partial charge is 0.350 e. The third-order valence-electron chi connectivity index (χ3n) is 2.57. The first-order valence-corrected chi connectivity index (χ1v) is 4.93. The van der Waals surface area contributed by atoms with Gasteiger partial charge >= 0.3 is 0 Å². The Morgan fingerprint density at radius 2 is 2.27 bits per heavy atom. The van der Waals surface area contributed by atoms with Crippen LogP contribution in [0, 0.1) is 6.92 Å². The third-order valence-corrected chi connectivity index (χ3v) is 2.57. The average Bonchev–Trinajstić information content (AvgIpc) is 2.60. The maximum atomic E-state index is 11.7. The summed E-state index contributed by atoms with van der Waals surface area (Å²) in [6.45, 7) is 6.11. The highest BCUT2D eigenvalue weighted by atomic mass is 16.2. The molecule has 0 bridgehead atoms. The van der Waals surface area contributed by atoms with Gasteiger partial charge in [0.2, 0.25) is 5.91 Å². The van der Waals surface area contributed by atoms with Crippen LogP contribution in [0.3, 0.4) is 0 Å². The second kappa shape index (κ2) is 4.44. The molecule has 0 saturated heterocycles. The lowest BCUT2D eigenvalue weighted by molar-refractivity contribution is -0.126. The first-order chi connectivity index (χ1) is 6.97. The van der Waals surface area contributed by atoms with Gasteiger partial charge in [-0.3, -0.25) is 9.89 Å². The predicted molar refractivity (Wildman–Crippen MR) is 58.3 cm³/mol. The number of carbonyl (C=O) groups excluding carboxylic acids is 1.